The highest BCUT2D eigenvalue weighted by molar-refractivity contribution is 5.76. The Hall–Kier alpha value is -0.570. The highest BCUT2D eigenvalue weighted by Crippen LogP contribution is 2.28. The van der Waals surface area contributed by atoms with Gasteiger partial charge in [0.05, 0.1) is 0 Å². The van der Waals surface area contributed by atoms with Crippen molar-refractivity contribution in [2.24, 2.45) is 11.8 Å². The Morgan fingerprint density at radius 2 is 1.94 bits per heavy atom. The quantitative estimate of drug-likeness (QED) is 0.807. The summed E-state index contributed by atoms with van der Waals surface area (Å²) in [6.07, 6.45) is 9.71. The van der Waals surface area contributed by atoms with E-state index in [1.54, 1.807) is 0 Å². The summed E-state index contributed by atoms with van der Waals surface area (Å²) in [4.78, 5) is 11.9. The molecule has 0 aromatic carbocycles. The van der Waals surface area contributed by atoms with Crippen molar-refractivity contribution in [2.75, 3.05) is 13.1 Å². The van der Waals surface area contributed by atoms with E-state index in [1.807, 2.05) is 0 Å². The van der Waals surface area contributed by atoms with Gasteiger partial charge in [-0.1, -0.05) is 32.6 Å². The van der Waals surface area contributed by atoms with Gasteiger partial charge in [-0.3, -0.25) is 4.79 Å². The molecule has 1 amide bonds. The third-order valence-electron chi connectivity index (χ3n) is 4.69. The predicted octanol–water partition coefficient (Wildman–Crippen LogP) is 2.46. The summed E-state index contributed by atoms with van der Waals surface area (Å²) in [5.41, 5.74) is 0. The number of piperidine rings is 1. The van der Waals surface area contributed by atoms with Crippen LogP contribution in [0.5, 0.6) is 0 Å². The molecule has 3 heteroatoms. The van der Waals surface area contributed by atoms with Gasteiger partial charge in [0.25, 0.3) is 0 Å². The van der Waals surface area contributed by atoms with Crippen LogP contribution in [0.3, 0.4) is 0 Å². The molecule has 1 saturated carbocycles. The van der Waals surface area contributed by atoms with E-state index < -0.39 is 0 Å². The lowest BCUT2D eigenvalue weighted by Crippen LogP contribution is -2.40. The third-order valence-corrected chi connectivity index (χ3v) is 4.69. The highest BCUT2D eigenvalue weighted by Gasteiger charge is 2.22. The van der Waals surface area contributed by atoms with Crippen LogP contribution in [0, 0.1) is 11.8 Å². The molecule has 3 atom stereocenters. The van der Waals surface area contributed by atoms with Crippen molar-refractivity contribution in [1.82, 2.24) is 10.6 Å². The van der Waals surface area contributed by atoms with Crippen LogP contribution in [0.1, 0.15) is 58.3 Å². The maximum atomic E-state index is 11.9. The molecule has 0 bridgehead atoms. The normalized spacial score (nSPS) is 33.1. The van der Waals surface area contributed by atoms with Crippen LogP contribution in [0.25, 0.3) is 0 Å². The van der Waals surface area contributed by atoms with E-state index in [4.69, 9.17) is 0 Å². The SMILES string of the molecule is CC1CCCCC1CNC(=O)CC1CCCCN1. The van der Waals surface area contributed by atoms with E-state index >= 15 is 0 Å². The van der Waals surface area contributed by atoms with Crippen molar-refractivity contribution < 1.29 is 4.79 Å². The molecule has 1 saturated heterocycles. The lowest BCUT2D eigenvalue weighted by atomic mass is 9.80. The molecule has 0 aromatic rings. The minimum Gasteiger partial charge on any atom is -0.356 e. The Balaban J connectivity index is 1.64. The van der Waals surface area contributed by atoms with Crippen molar-refractivity contribution in [2.45, 2.75) is 64.3 Å². The summed E-state index contributed by atoms with van der Waals surface area (Å²) in [6.45, 7) is 4.31. The van der Waals surface area contributed by atoms with Crippen LogP contribution >= 0.6 is 0 Å². The molecule has 1 aliphatic heterocycles. The fourth-order valence-electron chi connectivity index (χ4n) is 3.34. The van der Waals surface area contributed by atoms with Gasteiger partial charge in [-0.2, -0.15) is 0 Å². The van der Waals surface area contributed by atoms with Gasteiger partial charge in [-0.15, -0.1) is 0 Å². The standard InChI is InChI=1S/C15H28N2O/c1-12-6-2-3-7-13(12)11-17-15(18)10-14-8-4-5-9-16-14/h12-14,16H,2-11H2,1H3,(H,17,18). The molecular weight excluding hydrogens is 224 g/mol. The van der Waals surface area contributed by atoms with Crippen LogP contribution in [0.4, 0.5) is 0 Å². The summed E-state index contributed by atoms with van der Waals surface area (Å²) in [5.74, 6) is 1.74. The van der Waals surface area contributed by atoms with Gasteiger partial charge in [0.15, 0.2) is 0 Å². The van der Waals surface area contributed by atoms with Gasteiger partial charge in [0, 0.05) is 19.0 Å². The van der Waals surface area contributed by atoms with Crippen LogP contribution < -0.4 is 10.6 Å². The van der Waals surface area contributed by atoms with Gasteiger partial charge in [-0.25, -0.2) is 0 Å². The van der Waals surface area contributed by atoms with Gasteiger partial charge in [0.2, 0.25) is 5.91 Å². The van der Waals surface area contributed by atoms with Crippen molar-refractivity contribution in [3.8, 4) is 0 Å². The summed E-state index contributed by atoms with van der Waals surface area (Å²) >= 11 is 0. The highest BCUT2D eigenvalue weighted by atomic mass is 16.1. The number of carbonyl (C=O) groups is 1. The smallest absolute Gasteiger partial charge is 0.221 e. The van der Waals surface area contributed by atoms with Crippen molar-refractivity contribution in [1.29, 1.82) is 0 Å². The van der Waals surface area contributed by atoms with Crippen molar-refractivity contribution in [3.05, 3.63) is 0 Å². The van der Waals surface area contributed by atoms with Gasteiger partial charge in [0.1, 0.15) is 0 Å². The van der Waals surface area contributed by atoms with Crippen LogP contribution in [-0.4, -0.2) is 25.0 Å². The minimum absolute atomic E-state index is 0.243. The molecule has 18 heavy (non-hydrogen) atoms. The molecule has 3 unspecified atom stereocenters. The van der Waals surface area contributed by atoms with Crippen LogP contribution in [0.2, 0.25) is 0 Å². The second kappa shape index (κ2) is 7.13. The predicted molar refractivity (Wildman–Crippen MR) is 74.4 cm³/mol. The molecule has 0 radical (unpaired) electrons. The van der Waals surface area contributed by atoms with Crippen molar-refractivity contribution in [3.63, 3.8) is 0 Å². The number of rotatable bonds is 4. The monoisotopic (exact) mass is 252 g/mol. The average molecular weight is 252 g/mol. The van der Waals surface area contributed by atoms with E-state index in [0.29, 0.717) is 18.4 Å². The summed E-state index contributed by atoms with van der Waals surface area (Å²) in [6, 6.07) is 0.419. The van der Waals surface area contributed by atoms with E-state index in [0.717, 1.165) is 25.4 Å². The molecule has 3 nitrogen and oxygen atoms in total. The van der Waals surface area contributed by atoms with Crippen molar-refractivity contribution >= 4 is 5.91 Å². The summed E-state index contributed by atoms with van der Waals surface area (Å²) in [5, 5.41) is 6.59. The molecule has 2 fully saturated rings. The molecule has 104 valence electrons. The van der Waals surface area contributed by atoms with E-state index in [9.17, 15) is 4.79 Å². The first-order valence-electron chi connectivity index (χ1n) is 7.76. The van der Waals surface area contributed by atoms with E-state index in [-0.39, 0.29) is 5.91 Å². The first-order chi connectivity index (χ1) is 8.75. The number of hydrogen-bond donors (Lipinski definition) is 2. The number of amides is 1. The molecule has 2 N–H and O–H groups in total. The fraction of sp³-hybridized carbons (Fsp3) is 0.933. The zero-order chi connectivity index (χ0) is 12.8. The van der Waals surface area contributed by atoms with E-state index in [2.05, 4.69) is 17.6 Å². The Bertz CT molecular complexity index is 261. The topological polar surface area (TPSA) is 41.1 Å². The average Bonchev–Trinajstić information content (AvgIpc) is 2.39. The zero-order valence-electron chi connectivity index (χ0n) is 11.7. The Kier molecular flexibility index (Phi) is 5.48. The zero-order valence-corrected chi connectivity index (χ0v) is 11.7. The molecule has 2 rings (SSSR count). The first kappa shape index (κ1) is 13.9. The molecule has 0 aromatic heterocycles. The summed E-state index contributed by atoms with van der Waals surface area (Å²) < 4.78 is 0. The largest absolute Gasteiger partial charge is 0.356 e. The Morgan fingerprint density at radius 1 is 1.17 bits per heavy atom. The molecule has 1 heterocycles. The maximum absolute atomic E-state index is 11.9. The summed E-state index contributed by atoms with van der Waals surface area (Å²) in [7, 11) is 0. The first-order valence-corrected chi connectivity index (χ1v) is 7.76. The Labute approximate surface area is 111 Å². The maximum Gasteiger partial charge on any atom is 0.221 e. The van der Waals surface area contributed by atoms with E-state index in [1.165, 1.54) is 38.5 Å². The number of hydrogen-bond acceptors (Lipinski definition) is 2. The second-order valence-electron chi connectivity index (χ2n) is 6.18. The molecule has 0 spiro atoms. The van der Waals surface area contributed by atoms with Crippen LogP contribution in [-0.2, 0) is 4.79 Å². The van der Waals surface area contributed by atoms with Gasteiger partial charge < -0.3 is 10.6 Å². The molecular formula is C15H28N2O. The fourth-order valence-corrected chi connectivity index (χ4v) is 3.34. The third kappa shape index (κ3) is 4.27. The lowest BCUT2D eigenvalue weighted by molar-refractivity contribution is -0.122. The van der Waals surface area contributed by atoms with Crippen LogP contribution in [0.15, 0.2) is 0 Å². The minimum atomic E-state index is 0.243. The Morgan fingerprint density at radius 3 is 2.67 bits per heavy atom. The molecule has 2 aliphatic rings. The van der Waals surface area contributed by atoms with Gasteiger partial charge >= 0.3 is 0 Å². The molecule has 1 aliphatic carbocycles. The second-order valence-corrected chi connectivity index (χ2v) is 6.18. The van der Waals surface area contributed by atoms with Gasteiger partial charge in [-0.05, 0) is 37.6 Å². The lowest BCUT2D eigenvalue weighted by Gasteiger charge is -2.29. The number of nitrogens with one attached hydrogen (secondary N) is 2. The number of carbonyl (C=O) groups excluding carboxylic acids is 1.